The summed E-state index contributed by atoms with van der Waals surface area (Å²) >= 11 is 0. The summed E-state index contributed by atoms with van der Waals surface area (Å²) in [7, 11) is 1.59. The van der Waals surface area contributed by atoms with Crippen LogP contribution in [-0.4, -0.2) is 91.2 Å². The number of ether oxygens (including phenoxy) is 1. The number of carbonyl (C=O) groups is 1. The van der Waals surface area contributed by atoms with Crippen LogP contribution in [-0.2, 0) is 9.63 Å². The van der Waals surface area contributed by atoms with E-state index in [1.54, 1.807) is 13.2 Å². The average molecular weight is 649 g/mol. The number of anilines is 5. The van der Waals surface area contributed by atoms with Crippen molar-refractivity contribution in [3.05, 3.63) is 72.6 Å². The third-order valence-electron chi connectivity index (χ3n) is 9.30. The van der Waals surface area contributed by atoms with Crippen LogP contribution in [0.2, 0.25) is 0 Å². The number of benzene rings is 2. The van der Waals surface area contributed by atoms with Gasteiger partial charge < -0.3 is 25.2 Å². The van der Waals surface area contributed by atoms with Gasteiger partial charge >= 0.3 is 0 Å². The molecular weight excluding hydrogens is 606 g/mol. The summed E-state index contributed by atoms with van der Waals surface area (Å²) in [5.41, 5.74) is 2.25. The van der Waals surface area contributed by atoms with E-state index >= 15 is 0 Å². The lowest BCUT2D eigenvalue weighted by molar-refractivity contribution is -0.111. The van der Waals surface area contributed by atoms with E-state index in [2.05, 4.69) is 48.8 Å². The Balaban J connectivity index is 1.22. The molecule has 2 N–H and O–H groups in total. The first kappa shape index (κ1) is 32.6. The van der Waals surface area contributed by atoms with Gasteiger partial charge in [0.2, 0.25) is 5.91 Å². The number of hydrogen-bond donors (Lipinski definition) is 2. The molecule has 3 aromatic rings. The van der Waals surface area contributed by atoms with E-state index in [9.17, 15) is 13.6 Å². The number of nitrogens with zero attached hydrogens (tertiary/aromatic N) is 6. The minimum absolute atomic E-state index is 0.193. The molecule has 47 heavy (non-hydrogen) atoms. The monoisotopic (exact) mass is 648 g/mol. The minimum atomic E-state index is -0.562. The Morgan fingerprint density at radius 2 is 1.83 bits per heavy atom. The fraction of sp³-hybridized carbons (Fsp3) is 0.441. The van der Waals surface area contributed by atoms with Gasteiger partial charge in [-0.2, -0.15) is 0 Å². The summed E-state index contributed by atoms with van der Waals surface area (Å²) in [6, 6.07) is 8.79. The number of nitrogens with one attached hydrogen (secondary N) is 2. The second kappa shape index (κ2) is 14.6. The number of hydrogen-bond acceptors (Lipinski definition) is 10. The van der Waals surface area contributed by atoms with Crippen LogP contribution in [0.5, 0.6) is 5.75 Å². The van der Waals surface area contributed by atoms with Crippen molar-refractivity contribution in [1.82, 2.24) is 19.8 Å². The Labute approximate surface area is 274 Å². The Kier molecular flexibility index (Phi) is 10.1. The predicted molar refractivity (Wildman–Crippen MR) is 178 cm³/mol. The number of methoxy groups -OCH3 is 1. The molecule has 4 heterocycles. The number of piperidine rings is 1. The third-order valence-corrected chi connectivity index (χ3v) is 9.30. The van der Waals surface area contributed by atoms with Crippen molar-refractivity contribution in [1.29, 1.82) is 0 Å². The average Bonchev–Trinajstić information content (AvgIpc) is 3.60. The zero-order chi connectivity index (χ0) is 32.9. The Bertz CT molecular complexity index is 1580. The van der Waals surface area contributed by atoms with Gasteiger partial charge in [0.25, 0.3) is 0 Å². The van der Waals surface area contributed by atoms with Crippen LogP contribution >= 0.6 is 0 Å². The van der Waals surface area contributed by atoms with E-state index in [-0.39, 0.29) is 11.5 Å². The van der Waals surface area contributed by atoms with E-state index in [0.717, 1.165) is 76.5 Å². The van der Waals surface area contributed by atoms with Gasteiger partial charge in [-0.1, -0.05) is 13.5 Å². The summed E-state index contributed by atoms with van der Waals surface area (Å²) in [6.07, 6.45) is 5.14. The van der Waals surface area contributed by atoms with Crippen molar-refractivity contribution in [3.63, 3.8) is 0 Å². The summed E-state index contributed by atoms with van der Waals surface area (Å²) in [4.78, 5) is 34.5. The van der Waals surface area contributed by atoms with Gasteiger partial charge in [0.15, 0.2) is 5.82 Å². The van der Waals surface area contributed by atoms with Gasteiger partial charge in [0, 0.05) is 69.4 Å². The van der Waals surface area contributed by atoms with Crippen molar-refractivity contribution >= 4 is 34.6 Å². The van der Waals surface area contributed by atoms with Gasteiger partial charge in [0.05, 0.1) is 36.8 Å². The van der Waals surface area contributed by atoms with Crippen molar-refractivity contribution in [3.8, 4) is 5.75 Å². The lowest BCUT2D eigenvalue weighted by Crippen LogP contribution is -2.53. The molecular formula is C34H42F2N8O3. The maximum atomic E-state index is 14.7. The maximum Gasteiger partial charge on any atom is 0.247 e. The summed E-state index contributed by atoms with van der Waals surface area (Å²) in [5, 5.41) is 7.74. The number of halogens is 2. The van der Waals surface area contributed by atoms with Crippen LogP contribution in [0.4, 0.5) is 37.5 Å². The van der Waals surface area contributed by atoms with Crippen LogP contribution in [0.25, 0.3) is 0 Å². The third kappa shape index (κ3) is 7.32. The van der Waals surface area contributed by atoms with Gasteiger partial charge in [-0.05, 0) is 49.7 Å². The van der Waals surface area contributed by atoms with Crippen molar-refractivity contribution in [2.24, 2.45) is 0 Å². The normalized spacial score (nSPS) is 19.5. The standard InChI is InChI=1S/C34H42F2N8O3/c1-4-34(45)40-27-19-28(31(46-3)20-30(27)43-11-8-24(9-12-43)42-15-13-41(5-2)14-16-42)39-32-21-33(38-22-37-32)44-29(10-17-47-44)25-18-23(35)6-7-26(25)36/h4,6-7,18-22,24,29H,1,5,8-17H2,2-3H3,(H,40,45)(H,37,38,39)/t29-/m1/s1. The highest BCUT2D eigenvalue weighted by Gasteiger charge is 2.32. The van der Waals surface area contributed by atoms with Crippen LogP contribution in [0.3, 0.4) is 0 Å². The van der Waals surface area contributed by atoms with Gasteiger partial charge in [-0.15, -0.1) is 0 Å². The molecule has 6 rings (SSSR count). The Morgan fingerprint density at radius 1 is 1.04 bits per heavy atom. The van der Waals surface area contributed by atoms with Gasteiger partial charge in [0.1, 0.15) is 29.5 Å². The number of likely N-dealkylation sites (N-methyl/N-ethyl adjacent to an activating group) is 1. The first-order valence-corrected chi connectivity index (χ1v) is 16.2. The minimum Gasteiger partial charge on any atom is -0.494 e. The quantitative estimate of drug-likeness (QED) is 0.289. The van der Waals surface area contributed by atoms with E-state index in [0.29, 0.717) is 47.8 Å². The summed E-state index contributed by atoms with van der Waals surface area (Å²) in [5.74, 6) is -0.00687. The van der Waals surface area contributed by atoms with Crippen molar-refractivity contribution in [2.75, 3.05) is 80.1 Å². The largest absolute Gasteiger partial charge is 0.494 e. The molecule has 2 aromatic carbocycles. The molecule has 1 atom stereocenters. The molecule has 0 radical (unpaired) electrons. The topological polar surface area (TPSA) is 98.3 Å². The van der Waals surface area contributed by atoms with Crippen molar-refractivity contribution in [2.45, 2.75) is 38.3 Å². The van der Waals surface area contributed by atoms with E-state index in [1.807, 2.05) is 12.1 Å². The predicted octanol–water partition coefficient (Wildman–Crippen LogP) is 5.12. The molecule has 1 amide bonds. The number of piperazine rings is 1. The highest BCUT2D eigenvalue weighted by atomic mass is 19.1. The molecule has 11 nitrogen and oxygen atoms in total. The van der Waals surface area contributed by atoms with Crippen LogP contribution in [0, 0.1) is 11.6 Å². The molecule has 0 bridgehead atoms. The molecule has 3 aliphatic heterocycles. The maximum absolute atomic E-state index is 14.7. The zero-order valence-electron chi connectivity index (χ0n) is 26.9. The molecule has 3 aliphatic rings. The summed E-state index contributed by atoms with van der Waals surface area (Å²) in [6.45, 7) is 13.4. The lowest BCUT2D eigenvalue weighted by Gasteiger charge is -2.43. The molecule has 3 saturated heterocycles. The number of carbonyl (C=O) groups excluding carboxylic acids is 1. The highest BCUT2D eigenvalue weighted by molar-refractivity contribution is 6.02. The number of hydroxylamine groups is 1. The smallest absolute Gasteiger partial charge is 0.247 e. The SMILES string of the molecule is C=CC(=O)Nc1cc(Nc2cc(N3OCC[C@@H]3c3cc(F)ccc3F)ncn2)c(OC)cc1N1CCC(N2CCN(CC)CC2)CC1. The fourth-order valence-electron chi connectivity index (χ4n) is 6.72. The molecule has 250 valence electrons. The van der Waals surface area contributed by atoms with E-state index in [1.165, 1.54) is 23.5 Å². The molecule has 0 aliphatic carbocycles. The van der Waals surface area contributed by atoms with Crippen LogP contribution in [0.15, 0.2) is 55.4 Å². The summed E-state index contributed by atoms with van der Waals surface area (Å²) < 4.78 is 34.5. The number of amides is 1. The molecule has 3 fully saturated rings. The van der Waals surface area contributed by atoms with E-state index in [4.69, 9.17) is 9.57 Å². The fourth-order valence-corrected chi connectivity index (χ4v) is 6.72. The molecule has 13 heteroatoms. The highest BCUT2D eigenvalue weighted by Crippen LogP contribution is 2.41. The molecule has 0 saturated carbocycles. The van der Waals surface area contributed by atoms with Crippen LogP contribution in [0.1, 0.15) is 37.8 Å². The van der Waals surface area contributed by atoms with Gasteiger partial charge in [-0.25, -0.2) is 23.8 Å². The zero-order valence-corrected chi connectivity index (χ0v) is 26.9. The molecule has 1 aromatic heterocycles. The Hall–Kier alpha value is -4.33. The van der Waals surface area contributed by atoms with Crippen LogP contribution < -0.4 is 25.3 Å². The molecule has 0 spiro atoms. The first-order chi connectivity index (χ1) is 22.9. The van der Waals surface area contributed by atoms with E-state index < -0.39 is 17.7 Å². The Morgan fingerprint density at radius 3 is 2.55 bits per heavy atom. The second-order valence-corrected chi connectivity index (χ2v) is 12.0. The second-order valence-electron chi connectivity index (χ2n) is 12.0. The lowest BCUT2D eigenvalue weighted by atomic mass is 10.0. The first-order valence-electron chi connectivity index (χ1n) is 16.2. The number of aromatic nitrogens is 2. The molecule has 0 unspecified atom stereocenters. The number of rotatable bonds is 10. The van der Waals surface area contributed by atoms with Crippen molar-refractivity contribution < 1.29 is 23.1 Å². The van der Waals surface area contributed by atoms with Gasteiger partial charge in [-0.3, -0.25) is 14.5 Å².